The molecule has 5 nitrogen and oxygen atoms in total. The molecule has 0 saturated carbocycles. The Hall–Kier alpha value is -3.94. The zero-order chi connectivity index (χ0) is 24.9. The van der Waals surface area contributed by atoms with Gasteiger partial charge in [-0.2, -0.15) is 0 Å². The van der Waals surface area contributed by atoms with Gasteiger partial charge in [-0.15, -0.1) is 23.1 Å². The van der Waals surface area contributed by atoms with Crippen LogP contribution in [0.2, 0.25) is 0 Å². The van der Waals surface area contributed by atoms with Crippen LogP contribution in [-0.4, -0.2) is 22.6 Å². The lowest BCUT2D eigenvalue weighted by molar-refractivity contribution is -0.113. The monoisotopic (exact) mass is 509 g/mol. The Bertz CT molecular complexity index is 1540. The fourth-order valence-electron chi connectivity index (χ4n) is 3.74. The van der Waals surface area contributed by atoms with Crippen molar-refractivity contribution in [3.05, 3.63) is 108 Å². The molecule has 2 amide bonds. The van der Waals surface area contributed by atoms with Crippen LogP contribution in [0, 0.1) is 6.92 Å². The number of hydrogen-bond acceptors (Lipinski definition) is 5. The quantitative estimate of drug-likeness (QED) is 0.227. The Balaban J connectivity index is 1.14. The number of thioether (sulfide) groups is 1. The van der Waals surface area contributed by atoms with Crippen LogP contribution in [0.15, 0.2) is 101 Å². The standard InChI is InChI=1S/C29H23N3O2S2/c1-19-5-4-8-23(15-19)28(34)30-24-11-13-25(14-12-24)35-18-27(33)32-29-31-26(17-36-29)22-10-9-20-6-2-3-7-21(20)16-22/h2-17H,18H2,1H3,(H,30,34)(H,31,32,33). The van der Waals surface area contributed by atoms with Gasteiger partial charge in [0.15, 0.2) is 5.13 Å². The Morgan fingerprint density at radius 2 is 1.67 bits per heavy atom. The summed E-state index contributed by atoms with van der Waals surface area (Å²) in [6.07, 6.45) is 0. The third-order valence-electron chi connectivity index (χ3n) is 5.56. The molecule has 178 valence electrons. The summed E-state index contributed by atoms with van der Waals surface area (Å²) in [6.45, 7) is 1.96. The maximum atomic E-state index is 12.5. The summed E-state index contributed by atoms with van der Waals surface area (Å²) in [5.41, 5.74) is 4.23. The van der Waals surface area contributed by atoms with E-state index in [-0.39, 0.29) is 17.6 Å². The van der Waals surface area contributed by atoms with E-state index in [1.165, 1.54) is 28.5 Å². The van der Waals surface area contributed by atoms with Gasteiger partial charge in [-0.1, -0.05) is 54.1 Å². The molecule has 1 aromatic heterocycles. The van der Waals surface area contributed by atoms with Crippen LogP contribution >= 0.6 is 23.1 Å². The molecule has 0 saturated heterocycles. The molecular weight excluding hydrogens is 486 g/mol. The zero-order valence-corrected chi connectivity index (χ0v) is 21.2. The number of nitrogens with zero attached hydrogens (tertiary/aromatic N) is 1. The van der Waals surface area contributed by atoms with Gasteiger partial charge in [0.25, 0.3) is 5.91 Å². The number of hydrogen-bond donors (Lipinski definition) is 2. The first kappa shape index (κ1) is 23.8. The highest BCUT2D eigenvalue weighted by atomic mass is 32.2. The second kappa shape index (κ2) is 10.8. The number of aromatic nitrogens is 1. The number of carbonyl (C=O) groups is 2. The normalized spacial score (nSPS) is 10.8. The summed E-state index contributed by atoms with van der Waals surface area (Å²) < 4.78 is 0. The zero-order valence-electron chi connectivity index (χ0n) is 19.5. The average Bonchev–Trinajstić information content (AvgIpc) is 3.36. The summed E-state index contributed by atoms with van der Waals surface area (Å²) in [6, 6.07) is 29.4. The first-order chi connectivity index (χ1) is 17.5. The molecule has 0 aliphatic carbocycles. The predicted molar refractivity (Wildman–Crippen MR) is 150 cm³/mol. The van der Waals surface area contributed by atoms with Crippen LogP contribution in [0.5, 0.6) is 0 Å². The highest BCUT2D eigenvalue weighted by Crippen LogP contribution is 2.28. The van der Waals surface area contributed by atoms with Gasteiger partial charge >= 0.3 is 0 Å². The van der Waals surface area contributed by atoms with Crippen LogP contribution in [0.25, 0.3) is 22.0 Å². The van der Waals surface area contributed by atoms with Gasteiger partial charge in [0.05, 0.1) is 11.4 Å². The minimum absolute atomic E-state index is 0.115. The Morgan fingerprint density at radius 3 is 2.47 bits per heavy atom. The fourth-order valence-corrected chi connectivity index (χ4v) is 5.18. The van der Waals surface area contributed by atoms with Crippen molar-refractivity contribution in [3.8, 4) is 11.3 Å². The van der Waals surface area contributed by atoms with Gasteiger partial charge in [-0.25, -0.2) is 4.98 Å². The highest BCUT2D eigenvalue weighted by molar-refractivity contribution is 8.00. The van der Waals surface area contributed by atoms with E-state index < -0.39 is 0 Å². The van der Waals surface area contributed by atoms with Gasteiger partial charge in [0.1, 0.15) is 0 Å². The highest BCUT2D eigenvalue weighted by Gasteiger charge is 2.10. The molecule has 4 aromatic carbocycles. The number of thiazole rings is 1. The molecule has 0 unspecified atom stereocenters. The third-order valence-corrected chi connectivity index (χ3v) is 7.33. The third kappa shape index (κ3) is 5.82. The number of anilines is 2. The fraction of sp³-hybridized carbons (Fsp3) is 0.0690. The maximum Gasteiger partial charge on any atom is 0.255 e. The van der Waals surface area contributed by atoms with E-state index in [1.54, 1.807) is 6.07 Å². The maximum absolute atomic E-state index is 12.5. The minimum atomic E-state index is -0.148. The molecule has 7 heteroatoms. The summed E-state index contributed by atoms with van der Waals surface area (Å²) >= 11 is 2.84. The first-order valence-corrected chi connectivity index (χ1v) is 13.3. The van der Waals surface area contributed by atoms with Crippen molar-refractivity contribution in [1.29, 1.82) is 0 Å². The average molecular weight is 510 g/mol. The van der Waals surface area contributed by atoms with Crippen molar-refractivity contribution in [3.63, 3.8) is 0 Å². The molecule has 36 heavy (non-hydrogen) atoms. The summed E-state index contributed by atoms with van der Waals surface area (Å²) in [5, 5.41) is 10.7. The van der Waals surface area contributed by atoms with Gasteiger partial charge in [-0.3, -0.25) is 9.59 Å². The molecule has 0 fully saturated rings. The van der Waals surface area contributed by atoms with Crippen LogP contribution in [0.4, 0.5) is 10.8 Å². The molecular formula is C29H23N3O2S2. The van der Waals surface area contributed by atoms with E-state index in [0.29, 0.717) is 16.4 Å². The van der Waals surface area contributed by atoms with Crippen molar-refractivity contribution in [2.24, 2.45) is 0 Å². The number of aryl methyl sites for hydroxylation is 1. The van der Waals surface area contributed by atoms with Gasteiger partial charge in [0, 0.05) is 27.1 Å². The lowest BCUT2D eigenvalue weighted by atomic mass is 10.1. The first-order valence-electron chi connectivity index (χ1n) is 11.4. The van der Waals surface area contributed by atoms with Crippen LogP contribution in [0.1, 0.15) is 15.9 Å². The summed E-state index contributed by atoms with van der Waals surface area (Å²) in [5.74, 6) is 0.00102. The number of nitrogens with one attached hydrogen (secondary N) is 2. The molecule has 2 N–H and O–H groups in total. The van der Waals surface area contributed by atoms with E-state index in [9.17, 15) is 9.59 Å². The number of benzene rings is 4. The van der Waals surface area contributed by atoms with Crippen molar-refractivity contribution in [2.45, 2.75) is 11.8 Å². The molecule has 5 aromatic rings. The molecule has 1 heterocycles. The van der Waals surface area contributed by atoms with Crippen LogP contribution in [0.3, 0.4) is 0 Å². The summed E-state index contributed by atoms with van der Waals surface area (Å²) in [7, 11) is 0. The van der Waals surface area contributed by atoms with Crippen molar-refractivity contribution < 1.29 is 9.59 Å². The second-order valence-electron chi connectivity index (χ2n) is 8.28. The number of rotatable bonds is 7. The van der Waals surface area contributed by atoms with E-state index in [0.717, 1.165) is 27.1 Å². The molecule has 0 spiro atoms. The van der Waals surface area contributed by atoms with Crippen LogP contribution < -0.4 is 10.6 Å². The number of fused-ring (bicyclic) bond motifs is 1. The molecule has 0 atom stereocenters. The molecule has 0 aliphatic heterocycles. The van der Waals surface area contributed by atoms with Gasteiger partial charge < -0.3 is 10.6 Å². The van der Waals surface area contributed by atoms with Crippen molar-refractivity contribution in [2.75, 3.05) is 16.4 Å². The smallest absolute Gasteiger partial charge is 0.255 e. The lowest BCUT2D eigenvalue weighted by Gasteiger charge is -2.07. The second-order valence-corrected chi connectivity index (χ2v) is 10.2. The summed E-state index contributed by atoms with van der Waals surface area (Å²) in [4.78, 5) is 30.4. The minimum Gasteiger partial charge on any atom is -0.322 e. The van der Waals surface area contributed by atoms with Gasteiger partial charge in [-0.05, 0) is 60.2 Å². The van der Waals surface area contributed by atoms with E-state index in [2.05, 4.69) is 39.9 Å². The molecule has 0 bridgehead atoms. The SMILES string of the molecule is Cc1cccc(C(=O)Nc2ccc(SCC(=O)Nc3nc(-c4ccc5ccccc5c4)cs3)cc2)c1. The van der Waals surface area contributed by atoms with E-state index >= 15 is 0 Å². The number of carbonyl (C=O) groups excluding carboxylic acids is 2. The van der Waals surface area contributed by atoms with E-state index in [4.69, 9.17) is 0 Å². The lowest BCUT2D eigenvalue weighted by Crippen LogP contribution is -2.13. The van der Waals surface area contributed by atoms with Crippen molar-refractivity contribution in [1.82, 2.24) is 4.98 Å². The molecule has 5 rings (SSSR count). The Labute approximate surface area is 217 Å². The Kier molecular flexibility index (Phi) is 7.11. The molecule has 0 aliphatic rings. The van der Waals surface area contributed by atoms with Gasteiger partial charge in [0.2, 0.25) is 5.91 Å². The predicted octanol–water partition coefficient (Wildman–Crippen LogP) is 7.25. The topological polar surface area (TPSA) is 71.1 Å². The largest absolute Gasteiger partial charge is 0.322 e. The molecule has 0 radical (unpaired) electrons. The number of amides is 2. The van der Waals surface area contributed by atoms with Crippen LogP contribution in [-0.2, 0) is 4.79 Å². The Morgan fingerprint density at radius 1 is 0.861 bits per heavy atom. The van der Waals surface area contributed by atoms with Crippen molar-refractivity contribution >= 4 is 56.5 Å². The van der Waals surface area contributed by atoms with E-state index in [1.807, 2.05) is 73.0 Å².